The monoisotopic (exact) mass is 436 g/mol. The summed E-state index contributed by atoms with van der Waals surface area (Å²) in [5, 5.41) is 3.89. The second-order valence-electron chi connectivity index (χ2n) is 8.01. The van der Waals surface area contributed by atoms with Gasteiger partial charge in [0.05, 0.1) is 0 Å². The van der Waals surface area contributed by atoms with Gasteiger partial charge < -0.3 is 0 Å². The van der Waals surface area contributed by atoms with Gasteiger partial charge in [0.15, 0.2) is 0 Å². The molecular formula is C32H24Si. The average Bonchev–Trinajstić information content (AvgIpc) is 2.92. The first kappa shape index (κ1) is 20.8. The van der Waals surface area contributed by atoms with Crippen molar-refractivity contribution in [2.24, 2.45) is 0 Å². The van der Waals surface area contributed by atoms with Crippen molar-refractivity contribution in [2.75, 3.05) is 0 Å². The van der Waals surface area contributed by atoms with Gasteiger partial charge in [0.2, 0.25) is 8.07 Å². The predicted molar refractivity (Wildman–Crippen MR) is 143 cm³/mol. The van der Waals surface area contributed by atoms with E-state index in [1.807, 2.05) is 0 Å². The van der Waals surface area contributed by atoms with E-state index in [4.69, 9.17) is 0 Å². The van der Waals surface area contributed by atoms with Gasteiger partial charge in [0.25, 0.3) is 0 Å². The lowest BCUT2D eigenvalue weighted by molar-refractivity contribution is 1.58. The second-order valence-corrected chi connectivity index (χ2v) is 11.5. The van der Waals surface area contributed by atoms with E-state index >= 15 is 0 Å². The van der Waals surface area contributed by atoms with Crippen LogP contribution >= 0.6 is 0 Å². The van der Waals surface area contributed by atoms with Crippen LogP contribution in [-0.2, 0) is 0 Å². The fraction of sp³-hybridized carbons (Fsp3) is 0. The Bertz CT molecular complexity index is 1280. The van der Waals surface area contributed by atoms with Crippen molar-refractivity contribution >= 4 is 23.6 Å². The Labute approximate surface area is 197 Å². The van der Waals surface area contributed by atoms with Crippen LogP contribution in [0.1, 0.15) is 5.56 Å². The zero-order valence-corrected chi connectivity index (χ0v) is 19.4. The maximum absolute atomic E-state index is 3.90. The van der Waals surface area contributed by atoms with Gasteiger partial charge in [-0.2, -0.15) is 0 Å². The van der Waals surface area contributed by atoms with Crippen molar-refractivity contribution in [1.29, 1.82) is 0 Å². The minimum atomic E-state index is -2.59. The largest absolute Gasteiger partial charge is 0.230 e. The first-order chi connectivity index (χ1) is 16.4. The molecule has 0 aliphatic carbocycles. The molecule has 0 aromatic heterocycles. The van der Waals surface area contributed by atoms with Crippen LogP contribution in [0.2, 0.25) is 0 Å². The highest BCUT2D eigenvalue weighted by atomic mass is 28.3. The molecule has 0 unspecified atom stereocenters. The normalized spacial score (nSPS) is 10.8. The molecule has 0 bridgehead atoms. The van der Waals surface area contributed by atoms with E-state index in [9.17, 15) is 0 Å². The summed E-state index contributed by atoms with van der Waals surface area (Å²) in [5.41, 5.74) is 7.31. The van der Waals surface area contributed by atoms with Crippen molar-refractivity contribution < 1.29 is 0 Å². The molecular weight excluding hydrogens is 412 g/mol. The Morgan fingerprint density at radius 3 is 1.27 bits per heavy atom. The molecule has 33 heavy (non-hydrogen) atoms. The molecule has 0 aliphatic heterocycles. The summed E-state index contributed by atoms with van der Waals surface area (Å²) >= 11 is 0. The molecule has 0 amide bonds. The van der Waals surface area contributed by atoms with E-state index in [0.29, 0.717) is 0 Å². The fourth-order valence-corrected chi connectivity index (χ4v) is 8.24. The summed E-state index contributed by atoms with van der Waals surface area (Å²) in [4.78, 5) is 0. The van der Waals surface area contributed by atoms with Gasteiger partial charge in [0.1, 0.15) is 0 Å². The van der Waals surface area contributed by atoms with Gasteiger partial charge in [-0.1, -0.05) is 145 Å². The molecule has 0 heterocycles. The minimum Gasteiger partial charge on any atom is -0.109 e. The van der Waals surface area contributed by atoms with Crippen molar-refractivity contribution in [1.82, 2.24) is 0 Å². The highest BCUT2D eigenvalue weighted by Crippen LogP contribution is 2.22. The van der Waals surface area contributed by atoms with Crippen LogP contribution in [0.25, 0.3) is 11.1 Å². The number of rotatable bonds is 4. The topological polar surface area (TPSA) is 0 Å². The second kappa shape index (κ2) is 9.57. The van der Waals surface area contributed by atoms with E-state index in [1.54, 1.807) is 0 Å². The fourth-order valence-electron chi connectivity index (χ4n) is 4.40. The van der Waals surface area contributed by atoms with Gasteiger partial charge in [-0.25, -0.2) is 0 Å². The number of benzene rings is 5. The van der Waals surface area contributed by atoms with Crippen LogP contribution in [0.5, 0.6) is 0 Å². The summed E-state index contributed by atoms with van der Waals surface area (Å²) in [6.45, 7) is 0. The Morgan fingerprint density at radius 1 is 0.394 bits per heavy atom. The van der Waals surface area contributed by atoms with Crippen molar-refractivity contribution in [3.63, 3.8) is 0 Å². The smallest absolute Gasteiger partial charge is 0.109 e. The number of hydrogen-bond acceptors (Lipinski definition) is 0. The molecule has 0 fully saturated rings. The third-order valence-corrected chi connectivity index (χ3v) is 10.1. The molecule has 0 radical (unpaired) electrons. The standard InChI is InChI=1S/C32H24Si/c1-5-15-27(16-6-1)32-24-14-13-17-28(32)25-26-33(29-18-7-2-8-19-29,30-20-9-3-10-21-30)31-22-11-4-12-23-31/h1-24H. The van der Waals surface area contributed by atoms with Crippen LogP contribution in [0.15, 0.2) is 146 Å². The molecule has 0 atom stereocenters. The molecule has 5 aromatic carbocycles. The molecule has 0 aliphatic rings. The number of hydrogen-bond donors (Lipinski definition) is 0. The van der Waals surface area contributed by atoms with Crippen LogP contribution in [0.4, 0.5) is 0 Å². The first-order valence-electron chi connectivity index (χ1n) is 11.2. The lowest BCUT2D eigenvalue weighted by atomic mass is 10.0. The summed E-state index contributed by atoms with van der Waals surface area (Å²) in [7, 11) is -2.59. The summed E-state index contributed by atoms with van der Waals surface area (Å²) in [5.74, 6) is 3.66. The zero-order chi connectivity index (χ0) is 22.3. The third-order valence-electron chi connectivity index (χ3n) is 6.02. The predicted octanol–water partition coefficient (Wildman–Crippen LogP) is 5.41. The van der Waals surface area contributed by atoms with Gasteiger partial charge >= 0.3 is 0 Å². The van der Waals surface area contributed by atoms with E-state index in [-0.39, 0.29) is 0 Å². The molecule has 156 valence electrons. The van der Waals surface area contributed by atoms with E-state index in [1.165, 1.54) is 26.7 Å². The van der Waals surface area contributed by atoms with Crippen LogP contribution in [0, 0.1) is 11.5 Å². The lowest BCUT2D eigenvalue weighted by Crippen LogP contribution is -2.66. The summed E-state index contributed by atoms with van der Waals surface area (Å²) in [6.07, 6.45) is 0. The van der Waals surface area contributed by atoms with Crippen molar-refractivity contribution in [2.45, 2.75) is 0 Å². The zero-order valence-electron chi connectivity index (χ0n) is 18.4. The van der Waals surface area contributed by atoms with Crippen LogP contribution in [0.3, 0.4) is 0 Å². The van der Waals surface area contributed by atoms with Gasteiger partial charge in [-0.15, -0.1) is 5.54 Å². The van der Waals surface area contributed by atoms with Crippen molar-refractivity contribution in [3.8, 4) is 22.6 Å². The Kier molecular flexibility index (Phi) is 6.02. The highest BCUT2D eigenvalue weighted by Gasteiger charge is 2.38. The third kappa shape index (κ3) is 4.17. The van der Waals surface area contributed by atoms with E-state index in [0.717, 1.165) is 5.56 Å². The summed E-state index contributed by atoms with van der Waals surface area (Å²) < 4.78 is 0. The van der Waals surface area contributed by atoms with Crippen LogP contribution < -0.4 is 15.6 Å². The Morgan fingerprint density at radius 2 is 0.788 bits per heavy atom. The molecule has 0 nitrogen and oxygen atoms in total. The average molecular weight is 437 g/mol. The molecule has 0 N–H and O–H groups in total. The molecule has 0 saturated heterocycles. The van der Waals surface area contributed by atoms with Crippen LogP contribution in [-0.4, -0.2) is 8.07 Å². The maximum atomic E-state index is 3.90. The van der Waals surface area contributed by atoms with E-state index < -0.39 is 8.07 Å². The molecule has 5 rings (SSSR count). The van der Waals surface area contributed by atoms with Crippen molar-refractivity contribution in [3.05, 3.63) is 151 Å². The SMILES string of the molecule is C(#C[Si](c1ccccc1)(c1ccccc1)c1ccccc1)c1ccccc1-c1ccccc1. The van der Waals surface area contributed by atoms with Gasteiger partial charge in [-0.3, -0.25) is 0 Å². The summed E-state index contributed by atoms with van der Waals surface area (Å²) in [6, 6.07) is 51.4. The lowest BCUT2D eigenvalue weighted by Gasteiger charge is -2.28. The van der Waals surface area contributed by atoms with E-state index in [2.05, 4.69) is 157 Å². The maximum Gasteiger partial charge on any atom is 0.230 e. The first-order valence-corrected chi connectivity index (χ1v) is 13.2. The molecule has 0 spiro atoms. The van der Waals surface area contributed by atoms with Gasteiger partial charge in [0, 0.05) is 5.56 Å². The minimum absolute atomic E-state index is 1.06. The van der Waals surface area contributed by atoms with Gasteiger partial charge in [-0.05, 0) is 32.8 Å². The molecule has 0 saturated carbocycles. The Hall–Kier alpha value is -4.12. The Balaban J connectivity index is 1.78. The quantitative estimate of drug-likeness (QED) is 0.201. The highest BCUT2D eigenvalue weighted by molar-refractivity contribution is 7.16. The molecule has 5 aromatic rings. The molecule has 1 heteroatoms.